The molecular weight excluding hydrogens is 296 g/mol. The standard InChI is InChI=1S/C16H20N4O3/c1-3-22-13-7-5-4-6-12(13)16(21)20-8-9-23-14(10-20)15-18-17-11-19(15)2/h4-7,11,14H,3,8-10H2,1-2H3/t14-/m1/s1. The molecule has 0 aliphatic carbocycles. The van der Waals surface area contributed by atoms with E-state index in [2.05, 4.69) is 10.2 Å². The molecule has 0 radical (unpaired) electrons. The summed E-state index contributed by atoms with van der Waals surface area (Å²) in [6.07, 6.45) is 1.36. The van der Waals surface area contributed by atoms with E-state index in [1.807, 2.05) is 36.7 Å². The second kappa shape index (κ2) is 6.78. The summed E-state index contributed by atoms with van der Waals surface area (Å²) in [5.74, 6) is 1.28. The highest BCUT2D eigenvalue weighted by Gasteiger charge is 2.29. The number of carbonyl (C=O) groups is 1. The van der Waals surface area contributed by atoms with Crippen LogP contribution in [0.5, 0.6) is 5.75 Å². The summed E-state index contributed by atoms with van der Waals surface area (Å²) in [5, 5.41) is 7.95. The minimum atomic E-state index is -0.264. The monoisotopic (exact) mass is 316 g/mol. The Morgan fingerprint density at radius 2 is 2.26 bits per heavy atom. The van der Waals surface area contributed by atoms with Crippen LogP contribution in [0.3, 0.4) is 0 Å². The van der Waals surface area contributed by atoms with Crippen molar-refractivity contribution in [1.82, 2.24) is 19.7 Å². The first-order chi connectivity index (χ1) is 11.2. The molecule has 7 nitrogen and oxygen atoms in total. The minimum absolute atomic E-state index is 0.0514. The molecule has 0 unspecified atom stereocenters. The number of benzene rings is 1. The van der Waals surface area contributed by atoms with Crippen molar-refractivity contribution in [2.75, 3.05) is 26.3 Å². The number of aryl methyl sites for hydroxylation is 1. The highest BCUT2D eigenvalue weighted by molar-refractivity contribution is 5.97. The molecule has 1 fully saturated rings. The van der Waals surface area contributed by atoms with Crippen molar-refractivity contribution >= 4 is 5.91 Å². The Kier molecular flexibility index (Phi) is 4.57. The molecule has 0 saturated carbocycles. The number of hydrogen-bond acceptors (Lipinski definition) is 5. The lowest BCUT2D eigenvalue weighted by Gasteiger charge is -2.32. The Labute approximate surface area is 134 Å². The quantitative estimate of drug-likeness (QED) is 0.853. The van der Waals surface area contributed by atoms with E-state index in [1.165, 1.54) is 0 Å². The van der Waals surface area contributed by atoms with Crippen LogP contribution in [-0.2, 0) is 11.8 Å². The van der Waals surface area contributed by atoms with Gasteiger partial charge in [-0.1, -0.05) is 12.1 Å². The van der Waals surface area contributed by atoms with Gasteiger partial charge < -0.3 is 18.9 Å². The van der Waals surface area contributed by atoms with Gasteiger partial charge in [0.2, 0.25) is 0 Å². The van der Waals surface area contributed by atoms with E-state index < -0.39 is 0 Å². The summed E-state index contributed by atoms with van der Waals surface area (Å²) in [7, 11) is 1.86. The molecule has 3 rings (SSSR count). The average Bonchev–Trinajstić information content (AvgIpc) is 3.01. The van der Waals surface area contributed by atoms with Crippen LogP contribution >= 0.6 is 0 Å². The number of carbonyl (C=O) groups excluding carboxylic acids is 1. The van der Waals surface area contributed by atoms with Gasteiger partial charge in [0.1, 0.15) is 18.2 Å². The molecule has 122 valence electrons. The zero-order chi connectivity index (χ0) is 16.2. The van der Waals surface area contributed by atoms with Gasteiger partial charge in [-0.05, 0) is 19.1 Å². The first kappa shape index (κ1) is 15.5. The summed E-state index contributed by atoms with van der Waals surface area (Å²) < 4.78 is 13.1. The van der Waals surface area contributed by atoms with Gasteiger partial charge >= 0.3 is 0 Å². The van der Waals surface area contributed by atoms with Crippen LogP contribution in [0.15, 0.2) is 30.6 Å². The molecule has 1 amide bonds. The number of hydrogen-bond donors (Lipinski definition) is 0. The van der Waals surface area contributed by atoms with E-state index in [-0.39, 0.29) is 12.0 Å². The summed E-state index contributed by atoms with van der Waals surface area (Å²) in [6.45, 7) is 3.90. The molecule has 7 heteroatoms. The molecule has 0 bridgehead atoms. The van der Waals surface area contributed by atoms with E-state index in [4.69, 9.17) is 9.47 Å². The van der Waals surface area contributed by atoms with Crippen molar-refractivity contribution in [2.45, 2.75) is 13.0 Å². The third-order valence-corrected chi connectivity index (χ3v) is 3.81. The van der Waals surface area contributed by atoms with Gasteiger partial charge in [0.15, 0.2) is 5.82 Å². The molecule has 1 aromatic heterocycles. The van der Waals surface area contributed by atoms with E-state index in [1.54, 1.807) is 17.3 Å². The number of aromatic nitrogens is 3. The summed E-state index contributed by atoms with van der Waals surface area (Å²) in [6, 6.07) is 7.32. The average molecular weight is 316 g/mol. The van der Waals surface area contributed by atoms with Crippen LogP contribution < -0.4 is 4.74 Å². The fraction of sp³-hybridized carbons (Fsp3) is 0.438. The fourth-order valence-electron chi connectivity index (χ4n) is 2.67. The number of ether oxygens (including phenoxy) is 2. The molecule has 1 atom stereocenters. The maximum absolute atomic E-state index is 12.8. The second-order valence-electron chi connectivity index (χ2n) is 5.34. The van der Waals surface area contributed by atoms with Crippen molar-refractivity contribution in [3.63, 3.8) is 0 Å². The first-order valence-corrected chi connectivity index (χ1v) is 7.67. The predicted octanol–water partition coefficient (Wildman–Crippen LogP) is 1.43. The fourth-order valence-corrected chi connectivity index (χ4v) is 2.67. The van der Waals surface area contributed by atoms with Gasteiger partial charge in [-0.15, -0.1) is 10.2 Å². The molecule has 1 saturated heterocycles. The van der Waals surface area contributed by atoms with Gasteiger partial charge in [-0.25, -0.2) is 0 Å². The predicted molar refractivity (Wildman–Crippen MR) is 83.2 cm³/mol. The van der Waals surface area contributed by atoms with Crippen molar-refractivity contribution in [2.24, 2.45) is 7.05 Å². The Morgan fingerprint density at radius 3 is 3.00 bits per heavy atom. The van der Waals surface area contributed by atoms with Crippen LogP contribution in [0.4, 0.5) is 0 Å². The van der Waals surface area contributed by atoms with Crippen molar-refractivity contribution in [3.8, 4) is 5.75 Å². The molecular formula is C16H20N4O3. The Bertz CT molecular complexity index is 685. The third-order valence-electron chi connectivity index (χ3n) is 3.81. The van der Waals surface area contributed by atoms with Gasteiger partial charge in [0, 0.05) is 13.6 Å². The van der Waals surface area contributed by atoms with Gasteiger partial charge in [0.25, 0.3) is 5.91 Å². The van der Waals surface area contributed by atoms with E-state index >= 15 is 0 Å². The van der Waals surface area contributed by atoms with Crippen molar-refractivity contribution in [1.29, 1.82) is 0 Å². The number of morpholine rings is 1. The molecule has 23 heavy (non-hydrogen) atoms. The van der Waals surface area contributed by atoms with Crippen molar-refractivity contribution < 1.29 is 14.3 Å². The Hall–Kier alpha value is -2.41. The van der Waals surface area contributed by atoms with Crippen LogP contribution in [0.1, 0.15) is 29.2 Å². The maximum Gasteiger partial charge on any atom is 0.257 e. The van der Waals surface area contributed by atoms with E-state index in [9.17, 15) is 4.79 Å². The highest BCUT2D eigenvalue weighted by atomic mass is 16.5. The van der Waals surface area contributed by atoms with Gasteiger partial charge in [-0.3, -0.25) is 4.79 Å². The Morgan fingerprint density at radius 1 is 1.43 bits per heavy atom. The topological polar surface area (TPSA) is 69.5 Å². The summed E-state index contributed by atoms with van der Waals surface area (Å²) >= 11 is 0. The zero-order valence-electron chi connectivity index (χ0n) is 13.3. The molecule has 2 heterocycles. The molecule has 0 N–H and O–H groups in total. The molecule has 1 aromatic carbocycles. The normalized spacial score (nSPS) is 18.0. The number of para-hydroxylation sites is 1. The van der Waals surface area contributed by atoms with Crippen LogP contribution in [0, 0.1) is 0 Å². The summed E-state index contributed by atoms with van der Waals surface area (Å²) in [4.78, 5) is 14.6. The molecule has 1 aliphatic rings. The summed E-state index contributed by atoms with van der Waals surface area (Å²) in [5.41, 5.74) is 0.577. The van der Waals surface area contributed by atoms with E-state index in [0.29, 0.717) is 37.6 Å². The number of rotatable bonds is 4. The zero-order valence-corrected chi connectivity index (χ0v) is 13.3. The smallest absolute Gasteiger partial charge is 0.257 e. The SMILES string of the molecule is CCOc1ccccc1C(=O)N1CCO[C@@H](c2nncn2C)C1. The van der Waals surface area contributed by atoms with Gasteiger partial charge in [0.05, 0.1) is 25.3 Å². The van der Waals surface area contributed by atoms with Crippen LogP contribution in [0.25, 0.3) is 0 Å². The lowest BCUT2D eigenvalue weighted by molar-refractivity contribution is -0.0282. The first-order valence-electron chi connectivity index (χ1n) is 7.67. The van der Waals surface area contributed by atoms with Crippen molar-refractivity contribution in [3.05, 3.63) is 42.0 Å². The van der Waals surface area contributed by atoms with Gasteiger partial charge in [-0.2, -0.15) is 0 Å². The third kappa shape index (κ3) is 3.19. The minimum Gasteiger partial charge on any atom is -0.493 e. The Balaban J connectivity index is 1.79. The molecule has 1 aliphatic heterocycles. The lowest BCUT2D eigenvalue weighted by atomic mass is 10.1. The van der Waals surface area contributed by atoms with Crippen LogP contribution in [0.2, 0.25) is 0 Å². The molecule has 2 aromatic rings. The largest absolute Gasteiger partial charge is 0.493 e. The van der Waals surface area contributed by atoms with E-state index in [0.717, 1.165) is 5.82 Å². The number of nitrogens with zero attached hydrogens (tertiary/aromatic N) is 4. The second-order valence-corrected chi connectivity index (χ2v) is 5.34. The number of amides is 1. The molecule has 0 spiro atoms. The van der Waals surface area contributed by atoms with Crippen LogP contribution in [-0.4, -0.2) is 51.9 Å². The lowest BCUT2D eigenvalue weighted by Crippen LogP contribution is -2.43. The highest BCUT2D eigenvalue weighted by Crippen LogP contribution is 2.24. The maximum atomic E-state index is 12.8.